The minimum Gasteiger partial charge on any atom is -0.362 e. The van der Waals surface area contributed by atoms with Gasteiger partial charge < -0.3 is 15.2 Å². The second-order valence-electron chi connectivity index (χ2n) is 8.99. The third-order valence-electron chi connectivity index (χ3n) is 6.35. The van der Waals surface area contributed by atoms with Crippen LogP contribution in [0.5, 0.6) is 0 Å². The van der Waals surface area contributed by atoms with E-state index >= 15 is 0 Å². The Bertz CT molecular complexity index is 1520. The molecule has 2 aromatic heterocycles. The summed E-state index contributed by atoms with van der Waals surface area (Å²) in [5.41, 5.74) is 8.54. The molecule has 0 fully saturated rings. The number of H-pyrrole nitrogens is 1. The second-order valence-corrected chi connectivity index (χ2v) is 9.40. The molecule has 0 bridgehead atoms. The molecular formula is C28H30N8S. The van der Waals surface area contributed by atoms with Crippen molar-refractivity contribution in [3.8, 4) is 22.5 Å². The number of rotatable bonds is 8. The first kappa shape index (κ1) is 24.6. The van der Waals surface area contributed by atoms with Crippen molar-refractivity contribution in [2.45, 2.75) is 40.2 Å². The lowest BCUT2D eigenvalue weighted by Crippen LogP contribution is -2.28. The maximum atomic E-state index is 5.46. The highest BCUT2D eigenvalue weighted by atomic mass is 32.1. The third-order valence-corrected chi connectivity index (χ3v) is 6.60. The van der Waals surface area contributed by atoms with Crippen LogP contribution >= 0.6 is 12.2 Å². The molecule has 9 heteroatoms. The summed E-state index contributed by atoms with van der Waals surface area (Å²) in [6, 6.07) is 21.0. The molecule has 37 heavy (non-hydrogen) atoms. The average molecular weight is 511 g/mol. The number of fused-ring (bicyclic) bond motifs is 1. The van der Waals surface area contributed by atoms with Crippen LogP contribution in [0.25, 0.3) is 33.5 Å². The van der Waals surface area contributed by atoms with Gasteiger partial charge in [-0.2, -0.15) is 5.21 Å². The molecule has 0 aliphatic carbocycles. The lowest BCUT2D eigenvalue weighted by atomic mass is 9.98. The van der Waals surface area contributed by atoms with E-state index in [-0.39, 0.29) is 0 Å². The predicted octanol–water partition coefficient (Wildman–Crippen LogP) is 5.50. The number of thiocarbonyl (C=S) groups is 1. The minimum absolute atomic E-state index is 0.585. The Balaban J connectivity index is 1.45. The maximum absolute atomic E-state index is 5.46. The molecule has 188 valence electrons. The zero-order valence-corrected chi connectivity index (χ0v) is 22.1. The van der Waals surface area contributed by atoms with Crippen LogP contribution in [0.1, 0.15) is 37.2 Å². The van der Waals surface area contributed by atoms with Gasteiger partial charge in [0.05, 0.1) is 11.0 Å². The summed E-state index contributed by atoms with van der Waals surface area (Å²) in [6.45, 7) is 7.95. The van der Waals surface area contributed by atoms with Crippen LogP contribution in [0.4, 0.5) is 5.69 Å². The molecule has 0 unspecified atom stereocenters. The van der Waals surface area contributed by atoms with E-state index in [1.54, 1.807) is 0 Å². The van der Waals surface area contributed by atoms with Gasteiger partial charge in [0.2, 0.25) is 5.82 Å². The lowest BCUT2D eigenvalue weighted by Gasteiger charge is -2.13. The number of benzene rings is 3. The van der Waals surface area contributed by atoms with E-state index in [2.05, 4.69) is 99.1 Å². The Morgan fingerprint density at radius 3 is 2.51 bits per heavy atom. The van der Waals surface area contributed by atoms with Crippen molar-refractivity contribution < 1.29 is 0 Å². The fraction of sp³-hybridized carbons (Fsp3) is 0.250. The topological polar surface area (TPSA) is 96.3 Å². The van der Waals surface area contributed by atoms with Crippen molar-refractivity contribution in [3.05, 3.63) is 77.6 Å². The van der Waals surface area contributed by atoms with Crippen molar-refractivity contribution in [3.63, 3.8) is 0 Å². The number of anilines is 1. The highest BCUT2D eigenvalue weighted by molar-refractivity contribution is 7.80. The average Bonchev–Trinajstić information content (AvgIpc) is 3.57. The van der Waals surface area contributed by atoms with Gasteiger partial charge in [0, 0.05) is 30.8 Å². The number of aromatic nitrogens is 6. The molecule has 3 N–H and O–H groups in total. The number of nitrogens with one attached hydrogen (secondary N) is 3. The van der Waals surface area contributed by atoms with Gasteiger partial charge >= 0.3 is 0 Å². The van der Waals surface area contributed by atoms with Crippen LogP contribution in [0.15, 0.2) is 60.7 Å². The summed E-state index contributed by atoms with van der Waals surface area (Å²) >= 11 is 5.46. The molecule has 3 aromatic carbocycles. The first-order chi connectivity index (χ1) is 18.1. The van der Waals surface area contributed by atoms with E-state index in [0.29, 0.717) is 10.9 Å². The number of imidazole rings is 1. The monoisotopic (exact) mass is 510 g/mol. The molecule has 2 heterocycles. The summed E-state index contributed by atoms with van der Waals surface area (Å²) in [5, 5.41) is 21.8. The Kier molecular flexibility index (Phi) is 7.23. The van der Waals surface area contributed by atoms with E-state index in [1.165, 1.54) is 5.56 Å². The van der Waals surface area contributed by atoms with E-state index < -0.39 is 0 Å². The van der Waals surface area contributed by atoms with Crippen LogP contribution in [0.2, 0.25) is 0 Å². The summed E-state index contributed by atoms with van der Waals surface area (Å²) in [6.07, 6.45) is 1.87. The Morgan fingerprint density at radius 2 is 1.81 bits per heavy atom. The molecule has 5 rings (SSSR count). The number of tetrazole rings is 1. The summed E-state index contributed by atoms with van der Waals surface area (Å²) in [5.74, 6) is 1.65. The van der Waals surface area contributed by atoms with Gasteiger partial charge in [-0.15, -0.1) is 10.2 Å². The summed E-state index contributed by atoms with van der Waals surface area (Å²) in [7, 11) is 0. The first-order valence-electron chi connectivity index (χ1n) is 12.5. The number of hydrogen-bond donors (Lipinski definition) is 3. The highest BCUT2D eigenvalue weighted by Crippen LogP contribution is 2.30. The number of aromatic amines is 1. The number of nitrogens with zero attached hydrogens (tertiary/aromatic N) is 5. The molecule has 0 saturated heterocycles. The second kappa shape index (κ2) is 10.9. The Hall–Kier alpha value is -4.11. The maximum Gasteiger partial charge on any atom is 0.205 e. The highest BCUT2D eigenvalue weighted by Gasteiger charge is 2.15. The molecule has 0 atom stereocenters. The van der Waals surface area contributed by atoms with Crippen LogP contribution in [0, 0.1) is 6.92 Å². The zero-order valence-electron chi connectivity index (χ0n) is 21.2. The SMILES string of the molecule is CCCNC(=S)Nc1cc(C)c2nc(CC)n(Cc3ccc(-c4ccccc4-c4nn[nH]n4)cc3)c2c1. The van der Waals surface area contributed by atoms with Gasteiger partial charge in [0.15, 0.2) is 5.11 Å². The Morgan fingerprint density at radius 1 is 1.03 bits per heavy atom. The van der Waals surface area contributed by atoms with E-state index in [1.807, 2.05) is 18.2 Å². The van der Waals surface area contributed by atoms with Crippen LogP contribution in [0.3, 0.4) is 0 Å². The van der Waals surface area contributed by atoms with E-state index in [0.717, 1.165) is 70.7 Å². The molecular weight excluding hydrogens is 480 g/mol. The van der Waals surface area contributed by atoms with Crippen molar-refractivity contribution in [2.75, 3.05) is 11.9 Å². The molecule has 0 spiro atoms. The lowest BCUT2D eigenvalue weighted by molar-refractivity contribution is 0.753. The zero-order chi connectivity index (χ0) is 25.8. The molecule has 5 aromatic rings. The van der Waals surface area contributed by atoms with Gasteiger partial charge in [-0.05, 0) is 65.2 Å². The quantitative estimate of drug-likeness (QED) is 0.237. The molecule has 0 aliphatic rings. The molecule has 8 nitrogen and oxygen atoms in total. The standard InChI is InChI=1S/C28H30N8S/c1-4-14-29-28(37)30-21-15-18(3)26-24(16-21)36(25(5-2)31-26)17-19-10-12-20(13-11-19)22-8-6-7-9-23(22)27-32-34-35-33-27/h6-13,15-16H,4-5,14,17H2,1-3H3,(H2,29,30,37)(H,32,33,34,35). The van der Waals surface area contributed by atoms with Gasteiger partial charge in [-0.1, -0.05) is 62.4 Å². The van der Waals surface area contributed by atoms with Crippen molar-refractivity contribution >= 4 is 34.1 Å². The fourth-order valence-electron chi connectivity index (χ4n) is 4.55. The number of hydrogen-bond acceptors (Lipinski definition) is 5. The van der Waals surface area contributed by atoms with Crippen LogP contribution in [-0.2, 0) is 13.0 Å². The molecule has 0 aliphatic heterocycles. The number of aryl methyl sites for hydroxylation is 2. The Labute approximate surface area is 221 Å². The predicted molar refractivity (Wildman–Crippen MR) is 153 cm³/mol. The smallest absolute Gasteiger partial charge is 0.205 e. The van der Waals surface area contributed by atoms with Gasteiger partial charge in [-0.3, -0.25) is 0 Å². The first-order valence-corrected chi connectivity index (χ1v) is 12.9. The van der Waals surface area contributed by atoms with Crippen molar-refractivity contribution in [1.82, 2.24) is 35.5 Å². The summed E-state index contributed by atoms with van der Waals surface area (Å²) in [4.78, 5) is 4.97. The van der Waals surface area contributed by atoms with Crippen LogP contribution in [-0.4, -0.2) is 41.8 Å². The third kappa shape index (κ3) is 5.22. The fourth-order valence-corrected chi connectivity index (χ4v) is 4.77. The summed E-state index contributed by atoms with van der Waals surface area (Å²) < 4.78 is 2.30. The normalized spacial score (nSPS) is 11.1. The van der Waals surface area contributed by atoms with E-state index in [9.17, 15) is 0 Å². The largest absolute Gasteiger partial charge is 0.362 e. The molecule has 0 saturated carbocycles. The molecule has 0 radical (unpaired) electrons. The minimum atomic E-state index is 0.585. The molecule has 0 amide bonds. The van der Waals surface area contributed by atoms with Gasteiger partial charge in [0.1, 0.15) is 5.82 Å². The van der Waals surface area contributed by atoms with Gasteiger partial charge in [-0.25, -0.2) is 4.98 Å². The van der Waals surface area contributed by atoms with Crippen molar-refractivity contribution in [1.29, 1.82) is 0 Å². The van der Waals surface area contributed by atoms with Gasteiger partial charge in [0.25, 0.3) is 0 Å². The van der Waals surface area contributed by atoms with E-state index in [4.69, 9.17) is 17.2 Å². The van der Waals surface area contributed by atoms with Crippen molar-refractivity contribution in [2.24, 2.45) is 0 Å². The van der Waals surface area contributed by atoms with Crippen LogP contribution < -0.4 is 10.6 Å².